The number of ketones is 1. The van der Waals surface area contributed by atoms with Crippen molar-refractivity contribution >= 4 is 17.0 Å². The molecule has 4 nitrogen and oxygen atoms in total. The molecule has 0 saturated heterocycles. The number of carbonyl (C=O) groups excluding carboxylic acids is 1. The Labute approximate surface area is 151 Å². The highest BCUT2D eigenvalue weighted by Crippen LogP contribution is 2.41. The van der Waals surface area contributed by atoms with Crippen LogP contribution in [0.2, 0.25) is 0 Å². The first-order valence-corrected chi connectivity index (χ1v) is 8.57. The molecule has 1 aliphatic carbocycles. The van der Waals surface area contributed by atoms with Crippen LogP contribution in [0.1, 0.15) is 30.8 Å². The van der Waals surface area contributed by atoms with Gasteiger partial charge in [-0.15, -0.1) is 0 Å². The van der Waals surface area contributed by atoms with Gasteiger partial charge in [0.2, 0.25) is 0 Å². The van der Waals surface area contributed by atoms with E-state index in [0.717, 1.165) is 34.1 Å². The van der Waals surface area contributed by atoms with Crippen molar-refractivity contribution in [3.63, 3.8) is 0 Å². The second-order valence-corrected chi connectivity index (χ2v) is 6.31. The molecule has 130 valence electrons. The third-order valence-electron chi connectivity index (χ3n) is 4.58. The molecule has 0 spiro atoms. The summed E-state index contributed by atoms with van der Waals surface area (Å²) in [5.74, 6) is 1.33. The standard InChI is InChI=1S/C22H19NO3/c1-15(23-17-7-3-2-4-8-17)22-18(21-10-6-12-26-21)13-16(14-19(22)24)20-9-5-11-25-20/h2-12,14,18,23H,13H2,1H3/b22-15+. The topological polar surface area (TPSA) is 55.4 Å². The fourth-order valence-electron chi connectivity index (χ4n) is 3.41. The number of allylic oxidation sites excluding steroid dienone is 4. The second kappa shape index (κ2) is 6.92. The Kier molecular flexibility index (Phi) is 4.32. The van der Waals surface area contributed by atoms with Gasteiger partial charge in [-0.3, -0.25) is 4.79 Å². The lowest BCUT2D eigenvalue weighted by molar-refractivity contribution is -0.111. The van der Waals surface area contributed by atoms with E-state index in [1.807, 2.05) is 61.5 Å². The van der Waals surface area contributed by atoms with Crippen LogP contribution >= 0.6 is 0 Å². The van der Waals surface area contributed by atoms with Crippen LogP contribution in [0.25, 0.3) is 5.57 Å². The largest absolute Gasteiger partial charge is 0.469 e. The summed E-state index contributed by atoms with van der Waals surface area (Å²) in [6, 6.07) is 17.3. The molecule has 1 aromatic carbocycles. The molecule has 26 heavy (non-hydrogen) atoms. The molecule has 2 heterocycles. The van der Waals surface area contributed by atoms with Crippen molar-refractivity contribution in [1.82, 2.24) is 0 Å². The van der Waals surface area contributed by atoms with Gasteiger partial charge in [-0.2, -0.15) is 0 Å². The number of furan rings is 2. The van der Waals surface area contributed by atoms with Gasteiger partial charge in [-0.25, -0.2) is 0 Å². The molecular formula is C22H19NO3. The number of anilines is 1. The highest BCUT2D eigenvalue weighted by molar-refractivity contribution is 6.11. The molecule has 0 bridgehead atoms. The molecule has 0 saturated carbocycles. The second-order valence-electron chi connectivity index (χ2n) is 6.31. The Bertz CT molecular complexity index is 948. The third-order valence-corrected chi connectivity index (χ3v) is 4.58. The van der Waals surface area contributed by atoms with Gasteiger partial charge in [-0.05, 0) is 61.4 Å². The zero-order valence-corrected chi connectivity index (χ0v) is 14.4. The molecule has 1 aliphatic rings. The Morgan fingerprint density at radius 1 is 1.00 bits per heavy atom. The smallest absolute Gasteiger partial charge is 0.184 e. The number of benzene rings is 1. The first kappa shape index (κ1) is 16.2. The molecule has 1 atom stereocenters. The maximum absolute atomic E-state index is 13.0. The number of rotatable bonds is 4. The van der Waals surface area contributed by atoms with E-state index < -0.39 is 0 Å². The van der Waals surface area contributed by atoms with Crippen molar-refractivity contribution in [2.75, 3.05) is 5.32 Å². The summed E-state index contributed by atoms with van der Waals surface area (Å²) in [5.41, 5.74) is 3.39. The molecular weight excluding hydrogens is 326 g/mol. The maximum atomic E-state index is 13.0. The Hall–Kier alpha value is -3.27. The monoisotopic (exact) mass is 345 g/mol. The van der Waals surface area contributed by atoms with Crippen molar-refractivity contribution in [3.05, 3.63) is 96.0 Å². The molecule has 0 radical (unpaired) electrons. The van der Waals surface area contributed by atoms with Gasteiger partial charge < -0.3 is 14.2 Å². The molecule has 0 amide bonds. The number of hydrogen-bond donors (Lipinski definition) is 1. The summed E-state index contributed by atoms with van der Waals surface area (Å²) in [6.45, 7) is 1.93. The highest BCUT2D eigenvalue weighted by atomic mass is 16.3. The van der Waals surface area contributed by atoms with Crippen LogP contribution in [0.4, 0.5) is 5.69 Å². The van der Waals surface area contributed by atoms with Gasteiger partial charge in [-0.1, -0.05) is 18.2 Å². The van der Waals surface area contributed by atoms with E-state index >= 15 is 0 Å². The maximum Gasteiger partial charge on any atom is 0.184 e. The average molecular weight is 345 g/mol. The number of para-hydroxylation sites is 1. The van der Waals surface area contributed by atoms with E-state index in [1.165, 1.54) is 0 Å². The van der Waals surface area contributed by atoms with E-state index in [1.54, 1.807) is 18.6 Å². The Morgan fingerprint density at radius 2 is 1.77 bits per heavy atom. The van der Waals surface area contributed by atoms with Crippen molar-refractivity contribution < 1.29 is 13.6 Å². The fourth-order valence-corrected chi connectivity index (χ4v) is 3.41. The van der Waals surface area contributed by atoms with E-state index in [0.29, 0.717) is 6.42 Å². The van der Waals surface area contributed by atoms with E-state index in [9.17, 15) is 4.79 Å². The van der Waals surface area contributed by atoms with Crippen LogP contribution in [-0.2, 0) is 4.79 Å². The Balaban J connectivity index is 1.75. The fraction of sp³-hybridized carbons (Fsp3) is 0.136. The SMILES string of the molecule is C/C(Nc1ccccc1)=C1\C(=O)C=C(c2ccco2)CC1c1ccco1. The van der Waals surface area contributed by atoms with Gasteiger partial charge in [0.25, 0.3) is 0 Å². The van der Waals surface area contributed by atoms with Crippen molar-refractivity contribution in [1.29, 1.82) is 0 Å². The molecule has 1 unspecified atom stereocenters. The zero-order valence-electron chi connectivity index (χ0n) is 14.4. The van der Waals surface area contributed by atoms with Crippen LogP contribution in [0.3, 0.4) is 0 Å². The van der Waals surface area contributed by atoms with Gasteiger partial charge in [0.15, 0.2) is 5.78 Å². The van der Waals surface area contributed by atoms with Crippen LogP contribution < -0.4 is 5.32 Å². The average Bonchev–Trinajstić information content (AvgIpc) is 3.35. The zero-order chi connectivity index (χ0) is 17.9. The minimum Gasteiger partial charge on any atom is -0.469 e. The molecule has 1 N–H and O–H groups in total. The van der Waals surface area contributed by atoms with Crippen molar-refractivity contribution in [2.45, 2.75) is 19.3 Å². The quantitative estimate of drug-likeness (QED) is 0.643. The number of hydrogen-bond acceptors (Lipinski definition) is 4. The third kappa shape index (κ3) is 3.14. The van der Waals surface area contributed by atoms with E-state index in [2.05, 4.69) is 5.32 Å². The lowest BCUT2D eigenvalue weighted by Crippen LogP contribution is -2.19. The molecule has 0 aliphatic heterocycles. The summed E-state index contributed by atoms with van der Waals surface area (Å²) >= 11 is 0. The highest BCUT2D eigenvalue weighted by Gasteiger charge is 2.32. The molecule has 3 aromatic rings. The lowest BCUT2D eigenvalue weighted by atomic mass is 9.80. The summed E-state index contributed by atoms with van der Waals surface area (Å²) in [7, 11) is 0. The summed E-state index contributed by atoms with van der Waals surface area (Å²) < 4.78 is 11.1. The van der Waals surface area contributed by atoms with E-state index in [-0.39, 0.29) is 11.7 Å². The first-order chi connectivity index (χ1) is 12.7. The molecule has 2 aromatic heterocycles. The predicted octanol–water partition coefficient (Wildman–Crippen LogP) is 5.40. The van der Waals surface area contributed by atoms with Gasteiger partial charge in [0.1, 0.15) is 11.5 Å². The number of nitrogens with one attached hydrogen (secondary N) is 1. The van der Waals surface area contributed by atoms with Crippen LogP contribution in [0.5, 0.6) is 0 Å². The normalized spacial score (nSPS) is 19.2. The summed E-state index contributed by atoms with van der Waals surface area (Å²) in [5, 5.41) is 3.35. The van der Waals surface area contributed by atoms with Crippen LogP contribution in [0, 0.1) is 0 Å². The van der Waals surface area contributed by atoms with Gasteiger partial charge >= 0.3 is 0 Å². The van der Waals surface area contributed by atoms with Gasteiger partial charge in [0.05, 0.1) is 18.4 Å². The minimum atomic E-state index is -0.154. The Morgan fingerprint density at radius 3 is 2.46 bits per heavy atom. The summed E-state index contributed by atoms with van der Waals surface area (Å²) in [4.78, 5) is 13.0. The van der Waals surface area contributed by atoms with E-state index in [4.69, 9.17) is 8.83 Å². The van der Waals surface area contributed by atoms with Crippen molar-refractivity contribution in [2.24, 2.45) is 0 Å². The number of carbonyl (C=O) groups is 1. The van der Waals surface area contributed by atoms with Crippen LogP contribution in [0.15, 0.2) is 93.3 Å². The van der Waals surface area contributed by atoms with Crippen LogP contribution in [-0.4, -0.2) is 5.78 Å². The lowest BCUT2D eigenvalue weighted by Gasteiger charge is -2.25. The van der Waals surface area contributed by atoms with Gasteiger partial charge in [0, 0.05) is 17.0 Å². The van der Waals surface area contributed by atoms with Crippen molar-refractivity contribution in [3.8, 4) is 0 Å². The predicted molar refractivity (Wildman–Crippen MR) is 101 cm³/mol. The molecule has 4 rings (SSSR count). The molecule has 4 heteroatoms. The minimum absolute atomic E-state index is 0.0232. The molecule has 0 fully saturated rings. The first-order valence-electron chi connectivity index (χ1n) is 8.57. The summed E-state index contributed by atoms with van der Waals surface area (Å²) in [6.07, 6.45) is 5.58.